The lowest BCUT2D eigenvalue weighted by Crippen LogP contribution is -2.04. The van der Waals surface area contributed by atoms with Crippen LogP contribution in [0.3, 0.4) is 0 Å². The number of nitrogens with zero attached hydrogens (tertiary/aromatic N) is 3. The van der Waals surface area contributed by atoms with Gasteiger partial charge in [0.05, 0.1) is 12.2 Å². The molecular formula is C12H15FN4. The lowest BCUT2D eigenvalue weighted by molar-refractivity contribution is 0.626. The molecule has 1 aromatic heterocycles. The Hall–Kier alpha value is -1.75. The summed E-state index contributed by atoms with van der Waals surface area (Å²) in [4.78, 5) is 4.36. The molecule has 0 aliphatic heterocycles. The highest BCUT2D eigenvalue weighted by atomic mass is 19.1. The van der Waals surface area contributed by atoms with Crippen LogP contribution in [-0.4, -0.2) is 14.8 Å². The predicted molar refractivity (Wildman–Crippen MR) is 63.3 cm³/mol. The van der Waals surface area contributed by atoms with Gasteiger partial charge in [-0.15, -0.1) is 5.10 Å². The summed E-state index contributed by atoms with van der Waals surface area (Å²) in [7, 11) is 0. The zero-order valence-corrected chi connectivity index (χ0v) is 9.89. The highest BCUT2D eigenvalue weighted by Gasteiger charge is 2.13. The first-order chi connectivity index (χ1) is 8.11. The summed E-state index contributed by atoms with van der Waals surface area (Å²) in [6, 6.07) is 6.17. The van der Waals surface area contributed by atoms with Crippen molar-refractivity contribution in [1.29, 1.82) is 0 Å². The molecule has 2 rings (SSSR count). The molecule has 1 aromatic carbocycles. The molecule has 5 heteroatoms. The second-order valence-electron chi connectivity index (χ2n) is 4.13. The summed E-state index contributed by atoms with van der Waals surface area (Å²) < 4.78 is 14.6. The number of benzene rings is 1. The monoisotopic (exact) mass is 234 g/mol. The van der Waals surface area contributed by atoms with Gasteiger partial charge < -0.3 is 5.73 Å². The summed E-state index contributed by atoms with van der Waals surface area (Å²) in [5.41, 5.74) is 6.33. The van der Waals surface area contributed by atoms with Gasteiger partial charge in [-0.1, -0.05) is 13.8 Å². The average molecular weight is 234 g/mol. The van der Waals surface area contributed by atoms with E-state index in [9.17, 15) is 4.39 Å². The molecule has 2 aromatic rings. The fraction of sp³-hybridized carbons (Fsp3) is 0.333. The molecule has 0 radical (unpaired) electrons. The first-order valence-electron chi connectivity index (χ1n) is 5.53. The Labute approximate surface area is 99.3 Å². The van der Waals surface area contributed by atoms with Crippen molar-refractivity contribution in [2.75, 3.05) is 0 Å². The van der Waals surface area contributed by atoms with Crippen LogP contribution in [0.4, 0.5) is 4.39 Å². The number of rotatable bonds is 3. The molecule has 0 atom stereocenters. The molecule has 0 amide bonds. The van der Waals surface area contributed by atoms with Gasteiger partial charge in [0, 0.05) is 5.92 Å². The Bertz CT molecular complexity index is 502. The van der Waals surface area contributed by atoms with E-state index in [2.05, 4.69) is 10.1 Å². The van der Waals surface area contributed by atoms with Gasteiger partial charge in [-0.05, 0) is 24.3 Å². The minimum Gasteiger partial charge on any atom is -0.324 e. The Kier molecular flexibility index (Phi) is 3.19. The summed E-state index contributed by atoms with van der Waals surface area (Å²) in [6.07, 6.45) is 0. The summed E-state index contributed by atoms with van der Waals surface area (Å²) in [5.74, 6) is 1.39. The lowest BCUT2D eigenvalue weighted by atomic mass is 10.2. The average Bonchev–Trinajstić information content (AvgIpc) is 2.74. The van der Waals surface area contributed by atoms with Gasteiger partial charge >= 0.3 is 0 Å². The van der Waals surface area contributed by atoms with Crippen LogP contribution in [0.1, 0.15) is 31.4 Å². The van der Waals surface area contributed by atoms with Crippen LogP contribution in [0, 0.1) is 5.82 Å². The Morgan fingerprint density at radius 3 is 2.47 bits per heavy atom. The molecule has 0 saturated carbocycles. The van der Waals surface area contributed by atoms with E-state index < -0.39 is 0 Å². The van der Waals surface area contributed by atoms with Crippen molar-refractivity contribution in [3.63, 3.8) is 0 Å². The summed E-state index contributed by atoms with van der Waals surface area (Å²) in [5, 5.41) is 4.31. The highest BCUT2D eigenvalue weighted by molar-refractivity contribution is 5.32. The van der Waals surface area contributed by atoms with Gasteiger partial charge in [-0.2, -0.15) is 0 Å². The molecule has 17 heavy (non-hydrogen) atoms. The van der Waals surface area contributed by atoms with Crippen LogP contribution in [0.2, 0.25) is 0 Å². The molecule has 4 nitrogen and oxygen atoms in total. The number of halogens is 1. The molecule has 2 N–H and O–H groups in total. The summed E-state index contributed by atoms with van der Waals surface area (Å²) in [6.45, 7) is 4.36. The molecule has 0 aliphatic carbocycles. The molecule has 90 valence electrons. The first-order valence-corrected chi connectivity index (χ1v) is 5.53. The number of hydrogen-bond donors (Lipinski definition) is 1. The van der Waals surface area contributed by atoms with Crippen molar-refractivity contribution in [3.05, 3.63) is 41.7 Å². The Morgan fingerprint density at radius 1 is 1.29 bits per heavy atom. The third-order valence-corrected chi connectivity index (χ3v) is 2.45. The molecule has 0 aliphatic rings. The van der Waals surface area contributed by atoms with Crippen LogP contribution in [0.15, 0.2) is 24.3 Å². The zero-order chi connectivity index (χ0) is 12.4. The van der Waals surface area contributed by atoms with Crippen LogP contribution in [0.5, 0.6) is 0 Å². The summed E-state index contributed by atoms with van der Waals surface area (Å²) >= 11 is 0. The maximum atomic E-state index is 12.9. The van der Waals surface area contributed by atoms with Gasteiger partial charge in [0.25, 0.3) is 0 Å². The van der Waals surface area contributed by atoms with Crippen molar-refractivity contribution in [2.45, 2.75) is 26.3 Å². The van der Waals surface area contributed by atoms with Crippen LogP contribution < -0.4 is 5.73 Å². The number of nitrogens with two attached hydrogens (primary N) is 1. The van der Waals surface area contributed by atoms with Crippen LogP contribution in [-0.2, 0) is 6.54 Å². The predicted octanol–water partition coefficient (Wildman–Crippen LogP) is 1.99. The SMILES string of the molecule is CC(C)c1nc(CN)nn1-c1ccc(F)cc1. The van der Waals surface area contributed by atoms with Gasteiger partial charge in [0.1, 0.15) is 11.6 Å². The zero-order valence-electron chi connectivity index (χ0n) is 9.89. The van der Waals surface area contributed by atoms with Gasteiger partial charge in [-0.25, -0.2) is 14.1 Å². The highest BCUT2D eigenvalue weighted by Crippen LogP contribution is 2.17. The normalized spacial score (nSPS) is 11.1. The standard InChI is InChI=1S/C12H15FN4/c1-8(2)12-15-11(7-14)16-17(12)10-5-3-9(13)4-6-10/h3-6,8H,7,14H2,1-2H3. The molecule has 0 bridgehead atoms. The van der Waals surface area contributed by atoms with E-state index in [4.69, 9.17) is 5.73 Å². The van der Waals surface area contributed by atoms with E-state index in [0.717, 1.165) is 11.5 Å². The van der Waals surface area contributed by atoms with Crippen LogP contribution >= 0.6 is 0 Å². The largest absolute Gasteiger partial charge is 0.324 e. The Morgan fingerprint density at radius 2 is 1.94 bits per heavy atom. The van der Waals surface area contributed by atoms with E-state index >= 15 is 0 Å². The third kappa shape index (κ3) is 2.34. The van der Waals surface area contributed by atoms with Gasteiger partial charge in [0.2, 0.25) is 0 Å². The molecule has 0 spiro atoms. The van der Waals surface area contributed by atoms with Crippen LogP contribution in [0.25, 0.3) is 5.69 Å². The van der Waals surface area contributed by atoms with E-state index in [1.165, 1.54) is 12.1 Å². The van der Waals surface area contributed by atoms with Crippen molar-refractivity contribution in [2.24, 2.45) is 5.73 Å². The molecule has 1 heterocycles. The molecular weight excluding hydrogens is 219 g/mol. The minimum atomic E-state index is -0.265. The van der Waals surface area contributed by atoms with E-state index in [-0.39, 0.29) is 11.7 Å². The van der Waals surface area contributed by atoms with E-state index in [0.29, 0.717) is 12.4 Å². The van der Waals surface area contributed by atoms with Gasteiger partial charge in [-0.3, -0.25) is 0 Å². The first kappa shape index (κ1) is 11.7. The maximum Gasteiger partial charge on any atom is 0.164 e. The van der Waals surface area contributed by atoms with Crippen molar-refractivity contribution in [1.82, 2.24) is 14.8 Å². The van der Waals surface area contributed by atoms with Crippen molar-refractivity contribution < 1.29 is 4.39 Å². The fourth-order valence-electron chi connectivity index (χ4n) is 1.60. The Balaban J connectivity index is 2.49. The second kappa shape index (κ2) is 4.63. The quantitative estimate of drug-likeness (QED) is 0.883. The molecule has 0 saturated heterocycles. The van der Waals surface area contributed by atoms with E-state index in [1.54, 1.807) is 16.8 Å². The minimum absolute atomic E-state index is 0.229. The van der Waals surface area contributed by atoms with Crippen molar-refractivity contribution in [3.8, 4) is 5.69 Å². The van der Waals surface area contributed by atoms with Crippen molar-refractivity contribution >= 4 is 0 Å². The topological polar surface area (TPSA) is 56.7 Å². The molecule has 0 fully saturated rings. The third-order valence-electron chi connectivity index (χ3n) is 2.45. The maximum absolute atomic E-state index is 12.9. The van der Waals surface area contributed by atoms with E-state index in [1.807, 2.05) is 13.8 Å². The second-order valence-corrected chi connectivity index (χ2v) is 4.13. The smallest absolute Gasteiger partial charge is 0.164 e. The van der Waals surface area contributed by atoms with Gasteiger partial charge in [0.15, 0.2) is 5.82 Å². The fourth-order valence-corrected chi connectivity index (χ4v) is 1.60. The number of hydrogen-bond acceptors (Lipinski definition) is 3. The molecule has 0 unspecified atom stereocenters. The lowest BCUT2D eigenvalue weighted by Gasteiger charge is -2.07. The number of aromatic nitrogens is 3.